The van der Waals surface area contributed by atoms with Gasteiger partial charge in [0.15, 0.2) is 5.82 Å². The van der Waals surface area contributed by atoms with Crippen molar-refractivity contribution in [2.75, 3.05) is 6.54 Å². The monoisotopic (exact) mass is 396 g/mol. The van der Waals surface area contributed by atoms with Crippen molar-refractivity contribution in [3.8, 4) is 10.7 Å². The molecule has 0 atom stereocenters. The average molecular weight is 397 g/mol. The number of thiazole rings is 1. The van der Waals surface area contributed by atoms with E-state index in [9.17, 15) is 4.79 Å². The van der Waals surface area contributed by atoms with E-state index in [2.05, 4.69) is 20.8 Å². The van der Waals surface area contributed by atoms with Crippen LogP contribution in [-0.2, 0) is 6.42 Å². The van der Waals surface area contributed by atoms with Gasteiger partial charge in [0.2, 0.25) is 4.96 Å². The number of nitrogens with zero attached hydrogens (tertiary/aromatic N) is 3. The quantitative estimate of drug-likeness (QED) is 0.543. The number of thiophene rings is 1. The van der Waals surface area contributed by atoms with Crippen molar-refractivity contribution in [3.63, 3.8) is 0 Å². The first kappa shape index (κ1) is 17.9. The minimum absolute atomic E-state index is 0.0191. The Kier molecular flexibility index (Phi) is 4.80. The molecule has 0 aliphatic heterocycles. The molecule has 1 amide bonds. The summed E-state index contributed by atoms with van der Waals surface area (Å²) in [6, 6.07) is 8.12. The van der Waals surface area contributed by atoms with Gasteiger partial charge in [0.25, 0.3) is 5.91 Å². The second-order valence-electron chi connectivity index (χ2n) is 6.61. The first-order valence-corrected chi connectivity index (χ1v) is 10.5. The molecule has 4 rings (SSSR count). The van der Waals surface area contributed by atoms with Gasteiger partial charge in [-0.2, -0.15) is 4.98 Å². The van der Waals surface area contributed by atoms with Gasteiger partial charge >= 0.3 is 0 Å². The summed E-state index contributed by atoms with van der Waals surface area (Å²) in [5.41, 5.74) is 5.04. The van der Waals surface area contributed by atoms with Crippen molar-refractivity contribution >= 4 is 33.5 Å². The largest absolute Gasteiger partial charge is 0.352 e. The molecule has 3 heterocycles. The number of aromatic nitrogens is 3. The number of nitrogens with one attached hydrogen (secondary N) is 1. The van der Waals surface area contributed by atoms with Crippen LogP contribution in [0.5, 0.6) is 0 Å². The second-order valence-corrected chi connectivity index (χ2v) is 8.40. The number of aryl methyl sites for hydroxylation is 3. The maximum atomic E-state index is 12.6. The Bertz CT molecular complexity index is 1090. The minimum atomic E-state index is -0.0191. The molecule has 0 saturated heterocycles. The van der Waals surface area contributed by atoms with Crippen LogP contribution in [0.1, 0.15) is 32.7 Å². The lowest BCUT2D eigenvalue weighted by molar-refractivity contribution is 0.0953. The van der Waals surface area contributed by atoms with E-state index in [-0.39, 0.29) is 5.91 Å². The van der Waals surface area contributed by atoms with Gasteiger partial charge < -0.3 is 5.32 Å². The molecular weight excluding hydrogens is 376 g/mol. The van der Waals surface area contributed by atoms with Crippen LogP contribution in [-0.4, -0.2) is 27.0 Å². The van der Waals surface area contributed by atoms with Crippen LogP contribution in [0.15, 0.2) is 35.0 Å². The van der Waals surface area contributed by atoms with E-state index < -0.39 is 0 Å². The third-order valence-corrected chi connectivity index (χ3v) is 6.19. The molecule has 1 aromatic carbocycles. The molecule has 4 aromatic rings. The summed E-state index contributed by atoms with van der Waals surface area (Å²) in [5.74, 6) is 0.738. The van der Waals surface area contributed by atoms with Crippen molar-refractivity contribution in [1.29, 1.82) is 0 Å². The maximum Gasteiger partial charge on any atom is 0.251 e. The molecule has 5 nitrogen and oxygen atoms in total. The molecule has 0 unspecified atom stereocenters. The van der Waals surface area contributed by atoms with E-state index in [0.717, 1.165) is 38.0 Å². The number of carbonyl (C=O) groups is 1. The molecule has 1 N–H and O–H groups in total. The Morgan fingerprint density at radius 2 is 1.96 bits per heavy atom. The van der Waals surface area contributed by atoms with Gasteiger partial charge in [-0.3, -0.25) is 4.79 Å². The van der Waals surface area contributed by atoms with E-state index in [4.69, 9.17) is 0 Å². The molecule has 0 saturated carbocycles. The highest BCUT2D eigenvalue weighted by atomic mass is 32.1. The number of carbonyl (C=O) groups excluding carboxylic acids is 1. The van der Waals surface area contributed by atoms with Gasteiger partial charge in [0.05, 0.1) is 10.6 Å². The lowest BCUT2D eigenvalue weighted by Crippen LogP contribution is -2.27. The molecule has 27 heavy (non-hydrogen) atoms. The molecule has 0 aliphatic rings. The van der Waals surface area contributed by atoms with Gasteiger partial charge in [-0.05, 0) is 43.3 Å². The van der Waals surface area contributed by atoms with Gasteiger partial charge in [-0.15, -0.1) is 27.8 Å². The second kappa shape index (κ2) is 7.25. The molecule has 0 fully saturated rings. The highest BCUT2D eigenvalue weighted by molar-refractivity contribution is 7.15. The minimum Gasteiger partial charge on any atom is -0.352 e. The number of hydrogen-bond donors (Lipinski definition) is 1. The molecule has 3 aromatic heterocycles. The van der Waals surface area contributed by atoms with Crippen LogP contribution in [0.4, 0.5) is 0 Å². The van der Waals surface area contributed by atoms with Gasteiger partial charge in [0.1, 0.15) is 0 Å². The summed E-state index contributed by atoms with van der Waals surface area (Å²) in [4.78, 5) is 19.1. The summed E-state index contributed by atoms with van der Waals surface area (Å²) in [5, 5.41) is 11.7. The Labute approximate surface area is 165 Å². The number of fused-ring (bicyclic) bond motifs is 1. The predicted octanol–water partition coefficient (Wildman–Crippen LogP) is 4.42. The number of hydrogen-bond acceptors (Lipinski definition) is 5. The molecule has 0 spiro atoms. The van der Waals surface area contributed by atoms with E-state index in [1.54, 1.807) is 22.7 Å². The first-order chi connectivity index (χ1) is 13.0. The standard InChI is InChI=1S/C20H20N4OS2/c1-12-9-13(2)17(14(3)10-12)19(25)21-7-6-15-11-27-20-22-18(23-24(15)20)16-5-4-8-26-16/h4-5,8-11H,6-7H2,1-3H3,(H,21,25). The lowest BCUT2D eigenvalue weighted by atomic mass is 9.99. The Morgan fingerprint density at radius 1 is 1.19 bits per heavy atom. The van der Waals surface area contributed by atoms with E-state index in [1.807, 2.05) is 54.9 Å². The van der Waals surface area contributed by atoms with Crippen molar-refractivity contribution in [2.45, 2.75) is 27.2 Å². The van der Waals surface area contributed by atoms with Gasteiger partial charge in [-0.1, -0.05) is 23.8 Å². The normalized spacial score (nSPS) is 11.2. The van der Waals surface area contributed by atoms with Crippen LogP contribution in [0.2, 0.25) is 0 Å². The molecule has 7 heteroatoms. The van der Waals surface area contributed by atoms with E-state index >= 15 is 0 Å². The third-order valence-electron chi connectivity index (χ3n) is 4.46. The summed E-state index contributed by atoms with van der Waals surface area (Å²) < 4.78 is 1.88. The lowest BCUT2D eigenvalue weighted by Gasteiger charge is -2.11. The zero-order chi connectivity index (χ0) is 19.0. The van der Waals surface area contributed by atoms with E-state index in [0.29, 0.717) is 13.0 Å². The fraction of sp³-hybridized carbons (Fsp3) is 0.250. The zero-order valence-corrected chi connectivity index (χ0v) is 17.1. The molecule has 138 valence electrons. The van der Waals surface area contributed by atoms with Crippen molar-refractivity contribution < 1.29 is 4.79 Å². The van der Waals surface area contributed by atoms with Crippen LogP contribution in [0.3, 0.4) is 0 Å². The van der Waals surface area contributed by atoms with Gasteiger partial charge in [-0.25, -0.2) is 4.52 Å². The van der Waals surface area contributed by atoms with Gasteiger partial charge in [0, 0.05) is 23.9 Å². The molecule has 0 bridgehead atoms. The molecule has 0 radical (unpaired) electrons. The van der Waals surface area contributed by atoms with Crippen LogP contribution >= 0.6 is 22.7 Å². The highest BCUT2D eigenvalue weighted by Gasteiger charge is 2.14. The SMILES string of the molecule is Cc1cc(C)c(C(=O)NCCc2csc3nc(-c4cccs4)nn23)c(C)c1. The van der Waals surface area contributed by atoms with Crippen molar-refractivity contribution in [2.24, 2.45) is 0 Å². The third kappa shape index (κ3) is 3.52. The zero-order valence-electron chi connectivity index (χ0n) is 15.4. The number of benzene rings is 1. The van der Waals surface area contributed by atoms with Crippen LogP contribution in [0.25, 0.3) is 15.7 Å². The molecule has 0 aliphatic carbocycles. The summed E-state index contributed by atoms with van der Waals surface area (Å²) in [7, 11) is 0. The number of rotatable bonds is 5. The first-order valence-electron chi connectivity index (χ1n) is 8.76. The number of amides is 1. The molecular formula is C20H20N4OS2. The Morgan fingerprint density at radius 3 is 2.67 bits per heavy atom. The maximum absolute atomic E-state index is 12.6. The topological polar surface area (TPSA) is 59.3 Å². The summed E-state index contributed by atoms with van der Waals surface area (Å²) in [6.45, 7) is 6.58. The summed E-state index contributed by atoms with van der Waals surface area (Å²) in [6.07, 6.45) is 0.711. The Hall–Kier alpha value is -2.51. The Balaban J connectivity index is 1.46. The smallest absolute Gasteiger partial charge is 0.251 e. The average Bonchev–Trinajstić information content (AvgIpc) is 3.31. The fourth-order valence-electron chi connectivity index (χ4n) is 3.34. The summed E-state index contributed by atoms with van der Waals surface area (Å²) >= 11 is 3.21. The van der Waals surface area contributed by atoms with E-state index in [1.165, 1.54) is 5.56 Å². The highest BCUT2D eigenvalue weighted by Crippen LogP contribution is 2.24. The van der Waals surface area contributed by atoms with Crippen molar-refractivity contribution in [1.82, 2.24) is 19.9 Å². The fourth-order valence-corrected chi connectivity index (χ4v) is 4.85. The van der Waals surface area contributed by atoms with Crippen molar-refractivity contribution in [3.05, 3.63) is 63.0 Å². The predicted molar refractivity (Wildman–Crippen MR) is 111 cm³/mol. The van der Waals surface area contributed by atoms with Crippen LogP contribution < -0.4 is 5.32 Å². The van der Waals surface area contributed by atoms with Crippen LogP contribution in [0, 0.1) is 20.8 Å².